The maximum atomic E-state index is 13.0. The molecule has 2 rings (SSSR count). The van der Waals surface area contributed by atoms with Crippen molar-refractivity contribution >= 4 is 18.0 Å². The van der Waals surface area contributed by atoms with Crippen LogP contribution in [0.15, 0.2) is 35.1 Å². The maximum absolute atomic E-state index is 13.0. The predicted molar refractivity (Wildman–Crippen MR) is 99.8 cm³/mol. The first-order chi connectivity index (χ1) is 12.4. The van der Waals surface area contributed by atoms with E-state index in [1.54, 1.807) is 45.0 Å². The summed E-state index contributed by atoms with van der Waals surface area (Å²) in [6.07, 6.45) is 4.04. The van der Waals surface area contributed by atoms with Crippen molar-refractivity contribution in [1.29, 1.82) is 0 Å². The second-order valence-corrected chi connectivity index (χ2v) is 8.14. The van der Waals surface area contributed by atoms with Crippen molar-refractivity contribution in [2.45, 2.75) is 44.1 Å². The van der Waals surface area contributed by atoms with Crippen molar-refractivity contribution in [3.05, 3.63) is 30.2 Å². The highest BCUT2D eigenvalue weighted by molar-refractivity contribution is 7.97. The molecule has 2 heterocycles. The van der Waals surface area contributed by atoms with Crippen LogP contribution >= 0.6 is 11.9 Å². The largest absolute Gasteiger partial charge is 0.473 e. The Morgan fingerprint density at radius 2 is 2.12 bits per heavy atom. The molecule has 0 spiro atoms. The summed E-state index contributed by atoms with van der Waals surface area (Å²) in [5.41, 5.74) is -0.313. The molecule has 1 N–H and O–H groups in total. The Balaban J connectivity index is 1.74. The maximum Gasteiger partial charge on any atom is 0.407 e. The van der Waals surface area contributed by atoms with E-state index >= 15 is 0 Å². The summed E-state index contributed by atoms with van der Waals surface area (Å²) >= 11 is 1.69. The van der Waals surface area contributed by atoms with Gasteiger partial charge in [0.15, 0.2) is 0 Å². The van der Waals surface area contributed by atoms with E-state index in [-0.39, 0.29) is 18.7 Å². The zero-order valence-corrected chi connectivity index (χ0v) is 16.3. The minimum atomic E-state index is -0.599. The van der Waals surface area contributed by atoms with Gasteiger partial charge in [-0.2, -0.15) is 0 Å². The summed E-state index contributed by atoms with van der Waals surface area (Å²) in [6.45, 7) is 7.49. The predicted octanol–water partition coefficient (Wildman–Crippen LogP) is 3.94. The van der Waals surface area contributed by atoms with Crippen molar-refractivity contribution < 1.29 is 18.7 Å². The molecule has 0 aliphatic carbocycles. The summed E-state index contributed by atoms with van der Waals surface area (Å²) in [5.74, 6) is 0.410. The van der Waals surface area contributed by atoms with Gasteiger partial charge < -0.3 is 14.8 Å². The van der Waals surface area contributed by atoms with Gasteiger partial charge >= 0.3 is 6.09 Å². The standard InChI is InChI=1S/C18H26FN3O3S/c1-18(2,3)25-17(23)21-11-14(10-19)13-24-16-7-6-15(12-20-16)26-22-8-4-5-9-22/h6-7,10,12H,4-5,8-9,11,13H2,1-3H3,(H,21,23)/b14-10-. The molecule has 1 amide bonds. The average molecular weight is 383 g/mol. The highest BCUT2D eigenvalue weighted by Gasteiger charge is 2.16. The van der Waals surface area contributed by atoms with Crippen molar-refractivity contribution in [3.63, 3.8) is 0 Å². The quantitative estimate of drug-likeness (QED) is 0.720. The molecule has 6 nitrogen and oxygen atoms in total. The molecule has 1 saturated heterocycles. The highest BCUT2D eigenvalue weighted by atomic mass is 32.2. The van der Waals surface area contributed by atoms with Crippen LogP contribution in [0.1, 0.15) is 33.6 Å². The lowest BCUT2D eigenvalue weighted by molar-refractivity contribution is 0.0531. The molecule has 0 atom stereocenters. The van der Waals surface area contributed by atoms with E-state index in [4.69, 9.17) is 9.47 Å². The smallest absolute Gasteiger partial charge is 0.407 e. The third-order valence-electron chi connectivity index (χ3n) is 3.43. The van der Waals surface area contributed by atoms with Gasteiger partial charge in [-0.25, -0.2) is 18.5 Å². The number of hydrogen-bond donors (Lipinski definition) is 1. The lowest BCUT2D eigenvalue weighted by Gasteiger charge is -2.20. The number of rotatable bonds is 7. The number of amides is 1. The molecule has 0 aromatic carbocycles. The lowest BCUT2D eigenvalue weighted by atomic mass is 10.2. The Morgan fingerprint density at radius 3 is 2.69 bits per heavy atom. The number of nitrogens with zero attached hydrogens (tertiary/aromatic N) is 2. The van der Waals surface area contributed by atoms with Gasteiger partial charge in [-0.05, 0) is 51.6 Å². The van der Waals surface area contributed by atoms with Gasteiger partial charge in [0.1, 0.15) is 12.2 Å². The summed E-state index contributed by atoms with van der Waals surface area (Å²) < 4.78 is 25.9. The fourth-order valence-corrected chi connectivity index (χ4v) is 3.19. The average Bonchev–Trinajstić information content (AvgIpc) is 3.08. The lowest BCUT2D eigenvalue weighted by Crippen LogP contribution is -2.34. The van der Waals surface area contributed by atoms with Gasteiger partial charge in [0.2, 0.25) is 5.88 Å². The Morgan fingerprint density at radius 1 is 1.38 bits per heavy atom. The van der Waals surface area contributed by atoms with Crippen LogP contribution in [0.2, 0.25) is 0 Å². The van der Waals surface area contributed by atoms with Crippen molar-refractivity contribution in [2.75, 3.05) is 26.2 Å². The Hall–Kier alpha value is -1.80. The number of halogens is 1. The molecule has 1 aromatic heterocycles. The molecule has 1 fully saturated rings. The number of carbonyl (C=O) groups is 1. The van der Waals surface area contributed by atoms with E-state index in [9.17, 15) is 9.18 Å². The minimum Gasteiger partial charge on any atom is -0.473 e. The molecule has 1 aliphatic heterocycles. The van der Waals surface area contributed by atoms with E-state index in [2.05, 4.69) is 14.6 Å². The molecule has 1 aliphatic rings. The van der Waals surface area contributed by atoms with E-state index in [1.807, 2.05) is 6.07 Å². The van der Waals surface area contributed by atoms with E-state index in [0.29, 0.717) is 12.2 Å². The van der Waals surface area contributed by atoms with Gasteiger partial charge in [-0.1, -0.05) is 0 Å². The van der Waals surface area contributed by atoms with Crippen LogP contribution in [0.4, 0.5) is 9.18 Å². The van der Waals surface area contributed by atoms with Crippen LogP contribution in [-0.4, -0.2) is 47.2 Å². The Kier molecular flexibility index (Phi) is 7.71. The van der Waals surface area contributed by atoms with Crippen LogP contribution in [0.25, 0.3) is 0 Å². The second kappa shape index (κ2) is 9.78. The molecule has 0 saturated carbocycles. The third kappa shape index (κ3) is 7.61. The van der Waals surface area contributed by atoms with E-state index in [1.165, 1.54) is 12.8 Å². The zero-order chi connectivity index (χ0) is 19.0. The number of ether oxygens (including phenoxy) is 2. The molecule has 1 aromatic rings. The molecule has 8 heteroatoms. The number of aromatic nitrogens is 1. The van der Waals surface area contributed by atoms with Gasteiger partial charge in [0.05, 0.1) is 6.33 Å². The normalized spacial score (nSPS) is 15.8. The molecule has 0 unspecified atom stereocenters. The van der Waals surface area contributed by atoms with Crippen LogP contribution < -0.4 is 10.1 Å². The SMILES string of the molecule is CC(C)(C)OC(=O)NC/C(=C/F)COc1ccc(SN2CCCC2)cn1. The van der Waals surface area contributed by atoms with Crippen molar-refractivity contribution in [1.82, 2.24) is 14.6 Å². The molecule has 0 bridgehead atoms. The number of pyridine rings is 1. The number of alkyl carbamates (subject to hydrolysis) is 1. The Labute approximate surface area is 158 Å². The summed E-state index contributed by atoms with van der Waals surface area (Å²) in [7, 11) is 0. The van der Waals surface area contributed by atoms with Crippen LogP contribution in [0, 0.1) is 0 Å². The van der Waals surface area contributed by atoms with Gasteiger partial charge in [-0.15, -0.1) is 0 Å². The summed E-state index contributed by atoms with van der Waals surface area (Å²) in [6, 6.07) is 3.69. The molecule has 26 heavy (non-hydrogen) atoms. The molecule has 144 valence electrons. The third-order valence-corrected chi connectivity index (χ3v) is 4.50. The summed E-state index contributed by atoms with van der Waals surface area (Å²) in [5, 5.41) is 2.50. The molecular weight excluding hydrogens is 357 g/mol. The first-order valence-electron chi connectivity index (χ1n) is 8.62. The Bertz CT molecular complexity index is 611. The van der Waals surface area contributed by atoms with Gasteiger partial charge in [0.25, 0.3) is 0 Å². The fraction of sp³-hybridized carbons (Fsp3) is 0.556. The second-order valence-electron chi connectivity index (χ2n) is 6.97. The van der Waals surface area contributed by atoms with Crippen LogP contribution in [0.3, 0.4) is 0 Å². The number of hydrogen-bond acceptors (Lipinski definition) is 6. The van der Waals surface area contributed by atoms with E-state index < -0.39 is 11.7 Å². The zero-order valence-electron chi connectivity index (χ0n) is 15.5. The van der Waals surface area contributed by atoms with E-state index in [0.717, 1.165) is 18.0 Å². The highest BCUT2D eigenvalue weighted by Crippen LogP contribution is 2.26. The first kappa shape index (κ1) is 20.5. The van der Waals surface area contributed by atoms with Crippen molar-refractivity contribution in [3.8, 4) is 5.88 Å². The molecule has 0 radical (unpaired) electrons. The number of carbonyl (C=O) groups excluding carboxylic acids is 1. The van der Waals surface area contributed by atoms with Gasteiger partial charge in [-0.3, -0.25) is 0 Å². The first-order valence-corrected chi connectivity index (χ1v) is 9.40. The van der Waals surface area contributed by atoms with Crippen LogP contribution in [-0.2, 0) is 4.74 Å². The number of nitrogens with one attached hydrogen (secondary N) is 1. The summed E-state index contributed by atoms with van der Waals surface area (Å²) in [4.78, 5) is 16.9. The monoisotopic (exact) mass is 383 g/mol. The van der Waals surface area contributed by atoms with Crippen LogP contribution in [0.5, 0.6) is 5.88 Å². The molecular formula is C18H26FN3O3S. The van der Waals surface area contributed by atoms with Gasteiger partial charge in [0, 0.05) is 42.4 Å². The fourth-order valence-electron chi connectivity index (χ4n) is 2.22. The topological polar surface area (TPSA) is 63.7 Å². The minimum absolute atomic E-state index is 0.00207. The van der Waals surface area contributed by atoms with Crippen molar-refractivity contribution in [2.24, 2.45) is 0 Å².